The fourth-order valence-electron chi connectivity index (χ4n) is 3.47. The van der Waals surface area contributed by atoms with Crippen molar-refractivity contribution in [2.75, 3.05) is 0 Å². The van der Waals surface area contributed by atoms with Crippen LogP contribution in [-0.4, -0.2) is 33.9 Å². The lowest BCUT2D eigenvalue weighted by atomic mass is 9.86. The van der Waals surface area contributed by atoms with Gasteiger partial charge in [0.2, 0.25) is 0 Å². The monoisotopic (exact) mass is 352 g/mol. The number of hydrogen-bond donors (Lipinski definition) is 2. The Bertz CT molecular complexity index is 469. The summed E-state index contributed by atoms with van der Waals surface area (Å²) < 4.78 is 0. The van der Waals surface area contributed by atoms with Crippen molar-refractivity contribution in [3.8, 4) is 0 Å². The molecule has 0 aromatic heterocycles. The summed E-state index contributed by atoms with van der Waals surface area (Å²) in [6, 6.07) is 0. The molecule has 0 bridgehead atoms. The van der Waals surface area contributed by atoms with Crippen molar-refractivity contribution in [3.63, 3.8) is 0 Å². The van der Waals surface area contributed by atoms with Crippen molar-refractivity contribution in [1.29, 1.82) is 0 Å². The highest BCUT2D eigenvalue weighted by Crippen LogP contribution is 2.35. The molecule has 3 unspecified atom stereocenters. The molecule has 0 amide bonds. The van der Waals surface area contributed by atoms with Crippen molar-refractivity contribution in [3.05, 3.63) is 12.2 Å². The highest BCUT2D eigenvalue weighted by molar-refractivity contribution is 5.84. The molecule has 0 aliphatic heterocycles. The average Bonchev–Trinajstić information content (AvgIpc) is 2.82. The van der Waals surface area contributed by atoms with E-state index < -0.39 is 12.1 Å². The summed E-state index contributed by atoms with van der Waals surface area (Å²) in [7, 11) is 0. The third kappa shape index (κ3) is 8.43. The van der Waals surface area contributed by atoms with E-state index in [1.54, 1.807) is 0 Å². The molecule has 5 nitrogen and oxygen atoms in total. The Morgan fingerprint density at radius 3 is 2.56 bits per heavy atom. The summed E-state index contributed by atoms with van der Waals surface area (Å²) in [4.78, 5) is 34.5. The molecule has 0 aromatic carbocycles. The number of aliphatic hydroxyl groups is 1. The van der Waals surface area contributed by atoms with E-state index in [1.165, 1.54) is 0 Å². The van der Waals surface area contributed by atoms with Crippen LogP contribution in [-0.2, 0) is 14.4 Å². The summed E-state index contributed by atoms with van der Waals surface area (Å²) in [5.41, 5.74) is 0. The quantitative estimate of drug-likeness (QED) is 0.390. The Kier molecular flexibility index (Phi) is 10.3. The molecule has 1 rings (SSSR count). The van der Waals surface area contributed by atoms with Gasteiger partial charge in [-0.05, 0) is 38.0 Å². The molecule has 5 heteroatoms. The molecular formula is C20H32O5. The number of carbonyl (C=O) groups excluding carboxylic acids is 2. The zero-order valence-corrected chi connectivity index (χ0v) is 15.3. The van der Waals surface area contributed by atoms with Crippen LogP contribution in [0.5, 0.6) is 0 Å². The first-order valence-corrected chi connectivity index (χ1v) is 9.55. The lowest BCUT2D eigenvalue weighted by molar-refractivity contribution is -0.137. The lowest BCUT2D eigenvalue weighted by Gasteiger charge is -2.19. The number of carboxylic acid groups (broad SMARTS) is 1. The maximum Gasteiger partial charge on any atom is 0.303 e. The Morgan fingerprint density at radius 1 is 1.12 bits per heavy atom. The standard InChI is InChI=1S/C20H32O5/c1-2-3-6-9-15(21)12-13-17-16(18(22)14-19(17)23)10-7-4-5-8-11-20(24)25/h4,7,16-17,19,23H,2-3,5-6,8-14H2,1H3,(H,24,25)/b7-4+. The molecule has 25 heavy (non-hydrogen) atoms. The van der Waals surface area contributed by atoms with E-state index in [0.29, 0.717) is 38.5 Å². The van der Waals surface area contributed by atoms with Crippen LogP contribution in [0.15, 0.2) is 12.2 Å². The molecule has 0 aromatic rings. The predicted molar refractivity (Wildman–Crippen MR) is 96.2 cm³/mol. The molecule has 3 atom stereocenters. The Morgan fingerprint density at radius 2 is 1.88 bits per heavy atom. The van der Waals surface area contributed by atoms with Crippen molar-refractivity contribution in [1.82, 2.24) is 0 Å². The lowest BCUT2D eigenvalue weighted by Crippen LogP contribution is -2.21. The van der Waals surface area contributed by atoms with Gasteiger partial charge in [0.15, 0.2) is 0 Å². The molecule has 0 saturated heterocycles. The highest BCUT2D eigenvalue weighted by atomic mass is 16.4. The van der Waals surface area contributed by atoms with Crippen molar-refractivity contribution in [2.24, 2.45) is 11.8 Å². The van der Waals surface area contributed by atoms with Gasteiger partial charge in [0.1, 0.15) is 11.6 Å². The van der Waals surface area contributed by atoms with Gasteiger partial charge in [-0.15, -0.1) is 0 Å². The first-order valence-electron chi connectivity index (χ1n) is 9.55. The first kappa shape index (κ1) is 21.6. The Balaban J connectivity index is 2.39. The highest BCUT2D eigenvalue weighted by Gasteiger charge is 2.40. The van der Waals surface area contributed by atoms with Gasteiger partial charge >= 0.3 is 5.97 Å². The SMILES string of the molecule is CCCCCC(=O)CCC1C(O)CC(=O)C1C/C=C/CCCC(=O)O. The number of carboxylic acids is 1. The second-order valence-corrected chi connectivity index (χ2v) is 7.04. The maximum absolute atomic E-state index is 12.1. The van der Waals surface area contributed by atoms with Gasteiger partial charge in [0, 0.05) is 31.6 Å². The number of ketones is 2. The van der Waals surface area contributed by atoms with Crippen molar-refractivity contribution >= 4 is 17.5 Å². The zero-order valence-electron chi connectivity index (χ0n) is 15.3. The normalized spacial score (nSPS) is 23.4. The number of hydrogen-bond acceptors (Lipinski definition) is 4. The number of carbonyl (C=O) groups is 3. The summed E-state index contributed by atoms with van der Waals surface area (Å²) in [6.07, 6.45) is 10.0. The number of aliphatic carboxylic acids is 1. The van der Waals surface area contributed by atoms with Crippen LogP contribution >= 0.6 is 0 Å². The molecule has 1 fully saturated rings. The third-order valence-corrected chi connectivity index (χ3v) is 4.97. The van der Waals surface area contributed by atoms with E-state index >= 15 is 0 Å². The van der Waals surface area contributed by atoms with E-state index in [1.807, 2.05) is 12.2 Å². The van der Waals surface area contributed by atoms with Gasteiger partial charge in [-0.3, -0.25) is 14.4 Å². The molecule has 1 aliphatic rings. The van der Waals surface area contributed by atoms with Crippen LogP contribution < -0.4 is 0 Å². The van der Waals surface area contributed by atoms with E-state index in [4.69, 9.17) is 5.11 Å². The predicted octanol–water partition coefficient (Wildman–Crippen LogP) is 3.68. The molecule has 1 aliphatic carbocycles. The van der Waals surface area contributed by atoms with E-state index in [9.17, 15) is 19.5 Å². The van der Waals surface area contributed by atoms with Gasteiger partial charge in [-0.1, -0.05) is 31.9 Å². The molecule has 142 valence electrons. The maximum atomic E-state index is 12.1. The van der Waals surface area contributed by atoms with Crippen LogP contribution in [0.2, 0.25) is 0 Å². The number of unbranched alkanes of at least 4 members (excludes halogenated alkanes) is 3. The largest absolute Gasteiger partial charge is 0.481 e. The van der Waals surface area contributed by atoms with Gasteiger partial charge in [-0.25, -0.2) is 0 Å². The summed E-state index contributed by atoms with van der Waals surface area (Å²) >= 11 is 0. The molecule has 0 heterocycles. The fourth-order valence-corrected chi connectivity index (χ4v) is 3.47. The molecule has 0 radical (unpaired) electrons. The van der Waals surface area contributed by atoms with Crippen molar-refractivity contribution < 1.29 is 24.6 Å². The first-order chi connectivity index (χ1) is 12.0. The van der Waals surface area contributed by atoms with Crippen LogP contribution in [0.1, 0.15) is 77.6 Å². The topological polar surface area (TPSA) is 91.7 Å². The van der Waals surface area contributed by atoms with Gasteiger partial charge in [-0.2, -0.15) is 0 Å². The summed E-state index contributed by atoms with van der Waals surface area (Å²) in [5, 5.41) is 18.7. The van der Waals surface area contributed by atoms with Crippen LogP contribution in [0.4, 0.5) is 0 Å². The fraction of sp³-hybridized carbons (Fsp3) is 0.750. The second kappa shape index (κ2) is 12.0. The van der Waals surface area contributed by atoms with Crippen LogP contribution in [0, 0.1) is 11.8 Å². The smallest absolute Gasteiger partial charge is 0.303 e. The van der Waals surface area contributed by atoms with Crippen LogP contribution in [0.25, 0.3) is 0 Å². The molecule has 2 N–H and O–H groups in total. The van der Waals surface area contributed by atoms with Gasteiger partial charge in [0.05, 0.1) is 6.10 Å². The number of aliphatic hydroxyl groups excluding tert-OH is 1. The van der Waals surface area contributed by atoms with Crippen molar-refractivity contribution in [2.45, 2.75) is 83.7 Å². The molecule has 1 saturated carbocycles. The Hall–Kier alpha value is -1.49. The molecule has 0 spiro atoms. The third-order valence-electron chi connectivity index (χ3n) is 4.97. The van der Waals surface area contributed by atoms with E-state index in [2.05, 4.69) is 6.92 Å². The minimum Gasteiger partial charge on any atom is -0.481 e. The number of Topliss-reactive ketones (excluding diaryl/α,β-unsaturated/α-hetero) is 2. The van der Waals surface area contributed by atoms with Gasteiger partial charge < -0.3 is 10.2 Å². The summed E-state index contributed by atoms with van der Waals surface area (Å²) in [6.45, 7) is 2.10. The zero-order chi connectivity index (χ0) is 18.7. The number of rotatable bonds is 13. The Labute approximate surface area is 150 Å². The minimum atomic E-state index is -0.800. The second-order valence-electron chi connectivity index (χ2n) is 7.04. The van der Waals surface area contributed by atoms with E-state index in [0.717, 1.165) is 19.3 Å². The summed E-state index contributed by atoms with van der Waals surface area (Å²) in [5.74, 6) is -0.847. The minimum absolute atomic E-state index is 0.0751. The molecular weight excluding hydrogens is 320 g/mol. The van der Waals surface area contributed by atoms with Crippen LogP contribution in [0.3, 0.4) is 0 Å². The average molecular weight is 352 g/mol. The van der Waals surface area contributed by atoms with E-state index in [-0.39, 0.29) is 36.2 Å². The number of allylic oxidation sites excluding steroid dienone is 2. The van der Waals surface area contributed by atoms with Gasteiger partial charge in [0.25, 0.3) is 0 Å².